The van der Waals surface area contributed by atoms with Crippen molar-refractivity contribution in [1.29, 1.82) is 0 Å². The van der Waals surface area contributed by atoms with Crippen molar-refractivity contribution < 1.29 is 9.00 Å². The molecule has 1 aliphatic carbocycles. The summed E-state index contributed by atoms with van der Waals surface area (Å²) in [6, 6.07) is 5.03. The molecule has 2 unspecified atom stereocenters. The Morgan fingerprint density at radius 2 is 2.10 bits per heavy atom. The van der Waals surface area contributed by atoms with Gasteiger partial charge in [0.15, 0.2) is 0 Å². The molecule has 0 bridgehead atoms. The molecule has 0 spiro atoms. The van der Waals surface area contributed by atoms with Gasteiger partial charge in [0.2, 0.25) is 5.91 Å². The third-order valence-corrected chi connectivity index (χ3v) is 5.46. The van der Waals surface area contributed by atoms with Crippen molar-refractivity contribution in [3.05, 3.63) is 23.2 Å². The summed E-state index contributed by atoms with van der Waals surface area (Å²) < 4.78 is 12.4. The van der Waals surface area contributed by atoms with Crippen LogP contribution in [0.5, 0.6) is 0 Å². The summed E-state index contributed by atoms with van der Waals surface area (Å²) >= 11 is 5.89. The molecular formula is C14H19ClN2O2S. The van der Waals surface area contributed by atoms with E-state index in [1.54, 1.807) is 25.1 Å². The molecule has 4 nitrogen and oxygen atoms in total. The van der Waals surface area contributed by atoms with Crippen LogP contribution >= 0.6 is 11.6 Å². The summed E-state index contributed by atoms with van der Waals surface area (Å²) in [6.45, 7) is 1.65. The first-order chi connectivity index (χ1) is 9.49. The van der Waals surface area contributed by atoms with Crippen LogP contribution in [0.2, 0.25) is 5.02 Å². The van der Waals surface area contributed by atoms with Gasteiger partial charge in [-0.1, -0.05) is 24.4 Å². The maximum Gasteiger partial charge on any atom is 0.236 e. The maximum absolute atomic E-state index is 12.4. The smallest absolute Gasteiger partial charge is 0.236 e. The third kappa shape index (κ3) is 3.52. The molecule has 1 saturated carbocycles. The fourth-order valence-electron chi connectivity index (χ4n) is 2.36. The molecule has 0 radical (unpaired) electrons. The van der Waals surface area contributed by atoms with Crippen LogP contribution in [0.1, 0.15) is 32.6 Å². The van der Waals surface area contributed by atoms with Crippen LogP contribution in [0.25, 0.3) is 0 Å². The predicted molar refractivity (Wildman–Crippen MR) is 82.1 cm³/mol. The van der Waals surface area contributed by atoms with Crippen molar-refractivity contribution in [2.24, 2.45) is 0 Å². The summed E-state index contributed by atoms with van der Waals surface area (Å²) in [5.41, 5.74) is 6.21. The maximum atomic E-state index is 12.4. The largest absolute Gasteiger partial charge is 0.398 e. The predicted octanol–water partition coefficient (Wildman–Crippen LogP) is 2.48. The van der Waals surface area contributed by atoms with Crippen LogP contribution in [0.4, 0.5) is 5.69 Å². The molecule has 1 aromatic carbocycles. The van der Waals surface area contributed by atoms with Crippen LogP contribution in [-0.2, 0) is 15.6 Å². The molecular weight excluding hydrogens is 296 g/mol. The first kappa shape index (κ1) is 15.3. The monoisotopic (exact) mass is 314 g/mol. The summed E-state index contributed by atoms with van der Waals surface area (Å²) in [7, 11) is -1.50. The van der Waals surface area contributed by atoms with E-state index in [9.17, 15) is 9.00 Å². The molecule has 110 valence electrons. The van der Waals surface area contributed by atoms with Gasteiger partial charge in [0.05, 0.1) is 15.7 Å². The number of benzene rings is 1. The highest BCUT2D eigenvalue weighted by molar-refractivity contribution is 7.86. The molecule has 1 aliphatic rings. The van der Waals surface area contributed by atoms with E-state index in [0.717, 1.165) is 25.7 Å². The van der Waals surface area contributed by atoms with Gasteiger partial charge in [0, 0.05) is 16.8 Å². The van der Waals surface area contributed by atoms with Gasteiger partial charge in [-0.05, 0) is 38.0 Å². The van der Waals surface area contributed by atoms with Gasteiger partial charge in [-0.15, -0.1) is 0 Å². The zero-order valence-corrected chi connectivity index (χ0v) is 13.0. The van der Waals surface area contributed by atoms with E-state index >= 15 is 0 Å². The molecule has 0 saturated heterocycles. The number of carbonyl (C=O) groups is 1. The average molecular weight is 315 g/mol. The number of nitrogens with two attached hydrogens (primary N) is 1. The fraction of sp³-hybridized carbons (Fsp3) is 0.500. The zero-order valence-electron chi connectivity index (χ0n) is 11.4. The Morgan fingerprint density at radius 1 is 1.45 bits per heavy atom. The number of amides is 1. The highest BCUT2D eigenvalue weighted by atomic mass is 35.5. The van der Waals surface area contributed by atoms with Gasteiger partial charge >= 0.3 is 0 Å². The third-order valence-electron chi connectivity index (χ3n) is 3.58. The second-order valence-corrected chi connectivity index (χ2v) is 7.29. The molecule has 2 atom stereocenters. The second kappa shape index (κ2) is 6.59. The lowest BCUT2D eigenvalue weighted by Gasteiger charge is -2.17. The standard InChI is InChI=1S/C14H19ClN2O2S/c1-9(14(18)17-11-4-2-3-5-11)20(19)13-8-10(15)6-7-12(13)16/h6-9,11H,2-5,16H2,1H3,(H,17,18). The summed E-state index contributed by atoms with van der Waals surface area (Å²) in [4.78, 5) is 12.6. The topological polar surface area (TPSA) is 72.2 Å². The van der Waals surface area contributed by atoms with Gasteiger partial charge < -0.3 is 11.1 Å². The van der Waals surface area contributed by atoms with Crippen molar-refractivity contribution in [2.45, 2.75) is 48.8 Å². The van der Waals surface area contributed by atoms with Gasteiger partial charge in [-0.2, -0.15) is 0 Å². The molecule has 6 heteroatoms. The van der Waals surface area contributed by atoms with Crippen LogP contribution in [0, 0.1) is 0 Å². The van der Waals surface area contributed by atoms with E-state index in [0.29, 0.717) is 15.6 Å². The molecule has 3 N–H and O–H groups in total. The molecule has 1 amide bonds. The number of carbonyl (C=O) groups excluding carboxylic acids is 1. The van der Waals surface area contributed by atoms with Crippen LogP contribution in [-0.4, -0.2) is 21.4 Å². The van der Waals surface area contributed by atoms with Crippen LogP contribution < -0.4 is 11.1 Å². The first-order valence-corrected chi connectivity index (χ1v) is 8.34. The van der Waals surface area contributed by atoms with Gasteiger partial charge in [0.1, 0.15) is 5.25 Å². The molecule has 2 rings (SSSR count). The number of hydrogen-bond donors (Lipinski definition) is 2. The molecule has 1 fully saturated rings. The average Bonchev–Trinajstić information content (AvgIpc) is 2.92. The molecule has 1 aromatic rings. The number of halogens is 1. The number of nitrogens with one attached hydrogen (secondary N) is 1. The Labute approximate surface area is 126 Å². The fourth-order valence-corrected chi connectivity index (χ4v) is 3.78. The minimum absolute atomic E-state index is 0.186. The van der Waals surface area contributed by atoms with E-state index in [2.05, 4.69) is 5.32 Å². The number of hydrogen-bond acceptors (Lipinski definition) is 3. The summed E-state index contributed by atoms with van der Waals surface area (Å²) in [5.74, 6) is -0.186. The SMILES string of the molecule is CC(C(=O)NC1CCCC1)S(=O)c1cc(Cl)ccc1N. The Kier molecular flexibility index (Phi) is 5.05. The highest BCUT2D eigenvalue weighted by Crippen LogP contribution is 2.24. The second-order valence-electron chi connectivity index (χ2n) is 5.11. The van der Waals surface area contributed by atoms with Crippen LogP contribution in [0.15, 0.2) is 23.1 Å². The quantitative estimate of drug-likeness (QED) is 0.839. The first-order valence-electron chi connectivity index (χ1n) is 6.75. The summed E-state index contributed by atoms with van der Waals surface area (Å²) in [5, 5.41) is 2.78. The molecule has 0 aliphatic heterocycles. The molecule has 0 aromatic heterocycles. The van der Waals surface area contributed by atoms with Crippen LogP contribution in [0.3, 0.4) is 0 Å². The van der Waals surface area contributed by atoms with E-state index in [1.807, 2.05) is 0 Å². The number of nitrogen functional groups attached to an aromatic ring is 1. The Morgan fingerprint density at radius 3 is 2.75 bits per heavy atom. The lowest BCUT2D eigenvalue weighted by Crippen LogP contribution is -2.40. The Hall–Kier alpha value is -1.07. The number of rotatable bonds is 4. The highest BCUT2D eigenvalue weighted by Gasteiger charge is 2.26. The molecule has 20 heavy (non-hydrogen) atoms. The summed E-state index contributed by atoms with van der Waals surface area (Å²) in [6.07, 6.45) is 4.29. The van der Waals surface area contributed by atoms with Gasteiger partial charge in [0.25, 0.3) is 0 Å². The Balaban J connectivity index is 2.07. The van der Waals surface area contributed by atoms with E-state index in [1.165, 1.54) is 0 Å². The van der Waals surface area contributed by atoms with E-state index < -0.39 is 16.0 Å². The van der Waals surface area contributed by atoms with Crippen molar-refractivity contribution in [2.75, 3.05) is 5.73 Å². The zero-order chi connectivity index (χ0) is 14.7. The van der Waals surface area contributed by atoms with Crippen molar-refractivity contribution in [3.63, 3.8) is 0 Å². The molecule has 0 heterocycles. The minimum Gasteiger partial charge on any atom is -0.398 e. The van der Waals surface area contributed by atoms with Crippen molar-refractivity contribution >= 4 is 34.0 Å². The minimum atomic E-state index is -1.50. The lowest BCUT2D eigenvalue weighted by atomic mass is 10.2. The van der Waals surface area contributed by atoms with Crippen molar-refractivity contribution in [3.8, 4) is 0 Å². The lowest BCUT2D eigenvalue weighted by molar-refractivity contribution is -0.121. The van der Waals surface area contributed by atoms with E-state index in [4.69, 9.17) is 17.3 Å². The van der Waals surface area contributed by atoms with Gasteiger partial charge in [-0.25, -0.2) is 0 Å². The Bertz CT molecular complexity index is 530. The normalized spacial score (nSPS) is 18.7. The van der Waals surface area contributed by atoms with Gasteiger partial charge in [-0.3, -0.25) is 9.00 Å². The van der Waals surface area contributed by atoms with E-state index in [-0.39, 0.29) is 11.9 Å². The number of anilines is 1. The van der Waals surface area contributed by atoms with Crippen molar-refractivity contribution in [1.82, 2.24) is 5.32 Å².